The molecule has 0 fully saturated rings. The van der Waals surface area contributed by atoms with E-state index in [9.17, 15) is 14.4 Å². The van der Waals surface area contributed by atoms with Gasteiger partial charge in [0.1, 0.15) is 13.2 Å². The molecule has 0 saturated carbocycles. The van der Waals surface area contributed by atoms with Crippen molar-refractivity contribution in [3.63, 3.8) is 0 Å². The summed E-state index contributed by atoms with van der Waals surface area (Å²) in [6.45, 7) is 6.45. The minimum atomic E-state index is -0.798. The Morgan fingerprint density at radius 2 is 0.565 bits per heavy atom. The van der Waals surface area contributed by atoms with Crippen LogP contribution in [0.4, 0.5) is 0 Å². The summed E-state index contributed by atoms with van der Waals surface area (Å²) >= 11 is 0. The highest BCUT2D eigenvalue weighted by Crippen LogP contribution is 2.14. The molecule has 1 atom stereocenters. The van der Waals surface area contributed by atoms with E-state index in [0.717, 1.165) is 109 Å². The van der Waals surface area contributed by atoms with Gasteiger partial charge < -0.3 is 14.2 Å². The van der Waals surface area contributed by atoms with Crippen molar-refractivity contribution in [2.75, 3.05) is 13.2 Å². The van der Waals surface area contributed by atoms with Crippen molar-refractivity contribution in [3.05, 3.63) is 97.2 Å². The lowest BCUT2D eigenvalue weighted by atomic mass is 10.1. The Morgan fingerprint density at radius 1 is 0.304 bits per heavy atom. The first-order valence-corrected chi connectivity index (χ1v) is 28.7. The molecule has 394 valence electrons. The summed E-state index contributed by atoms with van der Waals surface area (Å²) in [5, 5.41) is 0. The molecule has 0 rings (SSSR count). The van der Waals surface area contributed by atoms with Crippen molar-refractivity contribution < 1.29 is 28.6 Å². The Morgan fingerprint density at radius 3 is 0.942 bits per heavy atom. The number of hydrogen-bond donors (Lipinski definition) is 0. The van der Waals surface area contributed by atoms with Crippen LogP contribution in [0.15, 0.2) is 97.2 Å². The summed E-state index contributed by atoms with van der Waals surface area (Å²) in [6.07, 6.45) is 75.3. The van der Waals surface area contributed by atoms with Crippen molar-refractivity contribution in [1.29, 1.82) is 0 Å². The van der Waals surface area contributed by atoms with Gasteiger partial charge in [-0.15, -0.1) is 0 Å². The monoisotopic (exact) mass is 959 g/mol. The summed E-state index contributed by atoms with van der Waals surface area (Å²) in [5.74, 6) is -0.937. The van der Waals surface area contributed by atoms with Crippen LogP contribution >= 0.6 is 0 Å². The third-order valence-electron chi connectivity index (χ3n) is 12.0. The van der Waals surface area contributed by atoms with Crippen LogP contribution in [-0.4, -0.2) is 37.2 Å². The summed E-state index contributed by atoms with van der Waals surface area (Å²) in [5.41, 5.74) is 0. The highest BCUT2D eigenvalue weighted by molar-refractivity contribution is 5.71. The maximum absolute atomic E-state index is 12.9. The van der Waals surface area contributed by atoms with Crippen molar-refractivity contribution in [1.82, 2.24) is 0 Å². The minimum absolute atomic E-state index is 0.0945. The first-order valence-electron chi connectivity index (χ1n) is 28.7. The lowest BCUT2D eigenvalue weighted by Crippen LogP contribution is -2.30. The fraction of sp³-hybridized carbons (Fsp3) is 0.698. The lowest BCUT2D eigenvalue weighted by molar-refractivity contribution is -0.167. The molecule has 6 nitrogen and oxygen atoms in total. The number of allylic oxidation sites excluding steroid dienone is 16. The van der Waals surface area contributed by atoms with E-state index in [1.807, 2.05) is 0 Å². The SMILES string of the molecule is CC/C=C\C/C=C\C/C=C\C/C=C\C/C=C\CCCCCC(=O)OC[C@@H](COC(=O)CCCCCCC/C=C\CCCCCC)OC(=O)CCCCCCCCCCC/C=C\C/C=C\CCCCC. The maximum atomic E-state index is 12.9. The topological polar surface area (TPSA) is 78.9 Å². The van der Waals surface area contributed by atoms with Crippen LogP contribution in [0.2, 0.25) is 0 Å². The first kappa shape index (κ1) is 65.3. The molecular formula is C63H106O6. The van der Waals surface area contributed by atoms with E-state index in [4.69, 9.17) is 14.2 Å². The van der Waals surface area contributed by atoms with Crippen LogP contribution in [0.5, 0.6) is 0 Å². The summed E-state index contributed by atoms with van der Waals surface area (Å²) < 4.78 is 16.8. The second-order valence-corrected chi connectivity index (χ2v) is 18.8. The van der Waals surface area contributed by atoms with E-state index >= 15 is 0 Å². The molecule has 0 amide bonds. The van der Waals surface area contributed by atoms with Crippen LogP contribution in [0.3, 0.4) is 0 Å². The number of hydrogen-bond acceptors (Lipinski definition) is 6. The second-order valence-electron chi connectivity index (χ2n) is 18.8. The molecule has 0 aromatic rings. The predicted octanol–water partition coefficient (Wildman–Crippen LogP) is 19.3. The Bertz CT molecular complexity index is 1380. The third kappa shape index (κ3) is 55.1. The molecule has 0 heterocycles. The van der Waals surface area contributed by atoms with Crippen molar-refractivity contribution in [3.8, 4) is 0 Å². The number of rotatable bonds is 51. The maximum Gasteiger partial charge on any atom is 0.306 e. The van der Waals surface area contributed by atoms with Gasteiger partial charge >= 0.3 is 17.9 Å². The van der Waals surface area contributed by atoms with Gasteiger partial charge in [-0.3, -0.25) is 14.4 Å². The Kier molecular flexibility index (Phi) is 53.9. The van der Waals surface area contributed by atoms with Gasteiger partial charge in [-0.2, -0.15) is 0 Å². The summed E-state index contributed by atoms with van der Waals surface area (Å²) in [7, 11) is 0. The average Bonchev–Trinajstić information content (AvgIpc) is 3.35. The summed E-state index contributed by atoms with van der Waals surface area (Å²) in [6, 6.07) is 0. The Labute approximate surface area is 426 Å². The van der Waals surface area contributed by atoms with Gasteiger partial charge in [0.05, 0.1) is 0 Å². The Hall–Kier alpha value is -3.67. The molecule has 0 saturated heterocycles. The molecule has 0 radical (unpaired) electrons. The van der Waals surface area contributed by atoms with Gasteiger partial charge in [-0.05, 0) is 122 Å². The van der Waals surface area contributed by atoms with Gasteiger partial charge in [0.15, 0.2) is 6.10 Å². The Balaban J connectivity index is 4.45. The number of unbranched alkanes of at least 4 members (excludes halogenated alkanes) is 24. The molecule has 69 heavy (non-hydrogen) atoms. The van der Waals surface area contributed by atoms with Crippen LogP contribution in [0, 0.1) is 0 Å². The molecule has 0 aliphatic carbocycles. The smallest absolute Gasteiger partial charge is 0.306 e. The third-order valence-corrected chi connectivity index (χ3v) is 12.0. The normalized spacial score (nSPS) is 12.8. The highest BCUT2D eigenvalue weighted by atomic mass is 16.6. The zero-order valence-corrected chi connectivity index (χ0v) is 45.0. The van der Waals surface area contributed by atoms with E-state index in [0.29, 0.717) is 19.3 Å². The number of carbonyl (C=O) groups is 3. The molecular weight excluding hydrogens is 853 g/mol. The number of carbonyl (C=O) groups excluding carboxylic acids is 3. The molecule has 0 aromatic carbocycles. The predicted molar refractivity (Wildman–Crippen MR) is 297 cm³/mol. The number of esters is 3. The van der Waals surface area contributed by atoms with Crippen LogP contribution in [-0.2, 0) is 28.6 Å². The highest BCUT2D eigenvalue weighted by Gasteiger charge is 2.19. The molecule has 0 aliphatic heterocycles. The quantitative estimate of drug-likeness (QED) is 0.0262. The standard InChI is InChI=1S/C63H106O6/c1-4-7-10-13-16-19-22-25-27-29-31-33-35-38-41-44-47-50-53-56-62(65)68-59-60(58-67-61(64)55-52-49-46-43-40-37-24-21-18-15-12-9-6-3)69-63(66)57-54-51-48-45-42-39-36-34-32-30-28-26-23-20-17-14-11-8-5-2/h7,10,16-17,19-21,24-28,31,33,38,41,60H,4-6,8-9,11-15,18,22-23,29-30,32,34-37,39-40,42-59H2,1-3H3/b10-7-,19-16-,20-17-,24-21-,27-25-,28-26-,33-31-,41-38-/t60-/m1/s1. The van der Waals surface area contributed by atoms with Gasteiger partial charge in [0.25, 0.3) is 0 Å². The van der Waals surface area contributed by atoms with Gasteiger partial charge in [0, 0.05) is 19.3 Å². The van der Waals surface area contributed by atoms with E-state index in [1.165, 1.54) is 116 Å². The molecule has 0 N–H and O–H groups in total. The molecule has 0 bridgehead atoms. The van der Waals surface area contributed by atoms with Crippen molar-refractivity contribution in [2.45, 2.75) is 271 Å². The fourth-order valence-corrected chi connectivity index (χ4v) is 7.73. The largest absolute Gasteiger partial charge is 0.462 e. The van der Waals surface area contributed by atoms with Gasteiger partial charge in [-0.25, -0.2) is 0 Å². The van der Waals surface area contributed by atoms with E-state index in [2.05, 4.69) is 118 Å². The second kappa shape index (κ2) is 56.9. The molecule has 0 aliphatic rings. The van der Waals surface area contributed by atoms with E-state index in [1.54, 1.807) is 0 Å². The van der Waals surface area contributed by atoms with Gasteiger partial charge in [-0.1, -0.05) is 221 Å². The van der Waals surface area contributed by atoms with Crippen LogP contribution in [0.1, 0.15) is 265 Å². The lowest BCUT2D eigenvalue weighted by Gasteiger charge is -2.18. The van der Waals surface area contributed by atoms with E-state index in [-0.39, 0.29) is 31.1 Å². The first-order chi connectivity index (χ1) is 34.0. The van der Waals surface area contributed by atoms with Crippen LogP contribution < -0.4 is 0 Å². The van der Waals surface area contributed by atoms with Crippen LogP contribution in [0.25, 0.3) is 0 Å². The zero-order valence-electron chi connectivity index (χ0n) is 45.0. The zero-order chi connectivity index (χ0) is 50.0. The fourth-order valence-electron chi connectivity index (χ4n) is 7.73. The average molecular weight is 960 g/mol. The summed E-state index contributed by atoms with van der Waals surface area (Å²) in [4.78, 5) is 38.1. The minimum Gasteiger partial charge on any atom is -0.462 e. The van der Waals surface area contributed by atoms with E-state index < -0.39 is 6.10 Å². The van der Waals surface area contributed by atoms with Crippen molar-refractivity contribution >= 4 is 17.9 Å². The number of ether oxygens (including phenoxy) is 3. The molecule has 0 aromatic heterocycles. The molecule has 6 heteroatoms. The van der Waals surface area contributed by atoms with Crippen molar-refractivity contribution in [2.24, 2.45) is 0 Å². The molecule has 0 unspecified atom stereocenters. The van der Waals surface area contributed by atoms with Gasteiger partial charge in [0.2, 0.25) is 0 Å². The molecule has 0 spiro atoms.